The standard InChI is InChI=1S/C35H36F4N6O6/c1-7-23-21(8-9-27(31(23)40-3)45(19-46)33(48)24-10-11-41-17-28(24)43(4)5)15-26(34(49)50-6)42-32(47)30-20(2)14-22(16-25(30)36)44-12-13-51-18-29(44)35(37,38)39/h7-11,14,16-17,19,26,29H,1,3,12-13,15,18H2,2,4-6H3,(H,42,47). The van der Waals surface area contributed by atoms with Gasteiger partial charge in [0, 0.05) is 44.5 Å². The number of nitrogens with zero attached hydrogens (tertiary/aromatic N) is 5. The fourth-order valence-electron chi connectivity index (χ4n) is 5.82. The minimum Gasteiger partial charge on any atom is -0.467 e. The van der Waals surface area contributed by atoms with Crippen LogP contribution in [0.1, 0.15) is 37.4 Å². The zero-order chi connectivity index (χ0) is 37.6. The Kier molecular flexibility index (Phi) is 11.9. The molecule has 3 aromatic rings. The molecule has 16 heteroatoms. The van der Waals surface area contributed by atoms with Crippen molar-refractivity contribution in [2.75, 3.05) is 55.7 Å². The molecule has 270 valence electrons. The van der Waals surface area contributed by atoms with E-state index in [4.69, 9.17) is 9.47 Å². The summed E-state index contributed by atoms with van der Waals surface area (Å²) < 4.78 is 66.4. The van der Waals surface area contributed by atoms with Gasteiger partial charge in [-0.2, -0.15) is 13.2 Å². The quantitative estimate of drug-likeness (QED) is 0.123. The van der Waals surface area contributed by atoms with Crippen LogP contribution in [0.15, 0.2) is 54.3 Å². The number of methoxy groups -OCH3 is 1. The highest BCUT2D eigenvalue weighted by molar-refractivity contribution is 6.19. The molecular formula is C35H36F4N6O6. The molecule has 1 N–H and O–H groups in total. The first-order chi connectivity index (χ1) is 24.2. The van der Waals surface area contributed by atoms with Crippen molar-refractivity contribution in [2.45, 2.75) is 31.6 Å². The molecule has 1 aliphatic heterocycles. The Morgan fingerprint density at radius 2 is 1.94 bits per heavy atom. The molecule has 4 rings (SSSR count). The number of hydrogen-bond donors (Lipinski definition) is 1. The van der Waals surface area contributed by atoms with Crippen LogP contribution in [0.4, 0.5) is 40.3 Å². The second kappa shape index (κ2) is 15.9. The number of morpholine rings is 1. The molecule has 0 aliphatic carbocycles. The smallest absolute Gasteiger partial charge is 0.411 e. The Morgan fingerprint density at radius 3 is 2.53 bits per heavy atom. The maximum atomic E-state index is 15.5. The summed E-state index contributed by atoms with van der Waals surface area (Å²) in [7, 11) is 4.50. The zero-order valence-corrected chi connectivity index (χ0v) is 28.3. The Labute approximate surface area is 291 Å². The third kappa shape index (κ3) is 8.06. The first-order valence-corrected chi connectivity index (χ1v) is 15.4. The molecule has 0 radical (unpaired) electrons. The SMILES string of the molecule is C=Cc1c(CC(NC(=O)c2c(C)cc(N3CCOCC3C(F)(F)F)cc2F)C(=O)OC)ccc(N(C=O)C(=O)c2ccncc2N(C)C)c1N=C. The number of aromatic nitrogens is 1. The molecule has 12 nitrogen and oxygen atoms in total. The number of aryl methyl sites for hydroxylation is 1. The summed E-state index contributed by atoms with van der Waals surface area (Å²) in [6.45, 7) is 7.98. The summed E-state index contributed by atoms with van der Waals surface area (Å²) in [6.07, 6.45) is -0.323. The van der Waals surface area contributed by atoms with E-state index in [-0.39, 0.29) is 53.3 Å². The highest BCUT2D eigenvalue weighted by atomic mass is 19.4. The van der Waals surface area contributed by atoms with Crippen LogP contribution in [-0.4, -0.2) is 95.1 Å². The number of imide groups is 1. The Morgan fingerprint density at radius 1 is 1.22 bits per heavy atom. The van der Waals surface area contributed by atoms with Crippen molar-refractivity contribution in [2.24, 2.45) is 4.99 Å². The second-order valence-corrected chi connectivity index (χ2v) is 11.6. The highest BCUT2D eigenvalue weighted by Crippen LogP contribution is 2.37. The van der Waals surface area contributed by atoms with Crippen molar-refractivity contribution >= 4 is 59.7 Å². The zero-order valence-electron chi connectivity index (χ0n) is 28.3. The molecule has 0 spiro atoms. The first kappa shape index (κ1) is 38.2. The number of carbonyl (C=O) groups is 4. The molecule has 51 heavy (non-hydrogen) atoms. The lowest BCUT2D eigenvalue weighted by Crippen LogP contribution is -2.53. The number of rotatable bonds is 12. The van der Waals surface area contributed by atoms with Crippen molar-refractivity contribution in [3.8, 4) is 0 Å². The second-order valence-electron chi connectivity index (χ2n) is 11.6. The van der Waals surface area contributed by atoms with E-state index in [2.05, 4.69) is 28.6 Å². The number of aliphatic imine (C=N–C) groups is 1. The lowest BCUT2D eigenvalue weighted by atomic mass is 9.96. The van der Waals surface area contributed by atoms with Crippen LogP contribution in [0.25, 0.3) is 6.08 Å². The largest absolute Gasteiger partial charge is 0.467 e. The van der Waals surface area contributed by atoms with E-state index in [0.29, 0.717) is 17.7 Å². The topological polar surface area (TPSA) is 134 Å². The van der Waals surface area contributed by atoms with E-state index in [9.17, 15) is 32.3 Å². The molecule has 1 aliphatic rings. The van der Waals surface area contributed by atoms with Gasteiger partial charge in [0.05, 0.1) is 54.7 Å². The minimum atomic E-state index is -4.64. The number of esters is 1. The van der Waals surface area contributed by atoms with Gasteiger partial charge in [0.1, 0.15) is 17.9 Å². The molecule has 2 atom stereocenters. The molecule has 1 aromatic heterocycles. The van der Waals surface area contributed by atoms with Gasteiger partial charge in [-0.25, -0.2) is 14.1 Å². The van der Waals surface area contributed by atoms with Crippen LogP contribution in [-0.2, 0) is 25.5 Å². The van der Waals surface area contributed by atoms with Gasteiger partial charge >= 0.3 is 12.1 Å². The van der Waals surface area contributed by atoms with E-state index >= 15 is 4.39 Å². The van der Waals surface area contributed by atoms with Crippen LogP contribution >= 0.6 is 0 Å². The Hall–Kier alpha value is -5.64. The highest BCUT2D eigenvalue weighted by Gasteiger charge is 2.45. The average Bonchev–Trinajstić information content (AvgIpc) is 3.10. The number of halogens is 4. The maximum absolute atomic E-state index is 15.5. The monoisotopic (exact) mass is 712 g/mol. The number of carbonyl (C=O) groups excluding carboxylic acids is 4. The summed E-state index contributed by atoms with van der Waals surface area (Å²) in [5.74, 6) is -3.70. The van der Waals surface area contributed by atoms with Gasteiger partial charge in [0.15, 0.2) is 0 Å². The van der Waals surface area contributed by atoms with E-state index in [0.717, 1.165) is 23.0 Å². The summed E-state index contributed by atoms with van der Waals surface area (Å²) >= 11 is 0. The summed E-state index contributed by atoms with van der Waals surface area (Å²) in [4.78, 5) is 63.9. The minimum absolute atomic E-state index is 0.00132. The first-order valence-electron chi connectivity index (χ1n) is 15.4. The van der Waals surface area contributed by atoms with Crippen molar-refractivity contribution in [3.63, 3.8) is 0 Å². The van der Waals surface area contributed by atoms with Gasteiger partial charge < -0.3 is 24.6 Å². The number of benzene rings is 2. The Balaban J connectivity index is 1.66. The van der Waals surface area contributed by atoms with Crippen LogP contribution in [0.3, 0.4) is 0 Å². The van der Waals surface area contributed by atoms with Gasteiger partial charge in [-0.05, 0) is 49.0 Å². The van der Waals surface area contributed by atoms with E-state index in [1.165, 1.54) is 49.7 Å². The number of hydrogen-bond acceptors (Lipinski definition) is 10. The third-order valence-corrected chi connectivity index (χ3v) is 8.30. The summed E-state index contributed by atoms with van der Waals surface area (Å²) in [5, 5.41) is 2.46. The van der Waals surface area contributed by atoms with Crippen molar-refractivity contribution in [1.82, 2.24) is 10.3 Å². The number of anilines is 3. The fourth-order valence-corrected chi connectivity index (χ4v) is 5.82. The van der Waals surface area contributed by atoms with Crippen molar-refractivity contribution in [1.29, 1.82) is 0 Å². The van der Waals surface area contributed by atoms with Gasteiger partial charge in [0.25, 0.3) is 11.8 Å². The lowest BCUT2D eigenvalue weighted by Gasteiger charge is -2.38. The number of pyridine rings is 1. The predicted molar refractivity (Wildman–Crippen MR) is 183 cm³/mol. The van der Waals surface area contributed by atoms with Gasteiger partial charge in [0.2, 0.25) is 6.41 Å². The van der Waals surface area contributed by atoms with Crippen LogP contribution < -0.4 is 20.0 Å². The maximum Gasteiger partial charge on any atom is 0.411 e. The molecule has 0 saturated carbocycles. The van der Waals surface area contributed by atoms with E-state index < -0.39 is 54.0 Å². The fraction of sp³-hybridized carbons (Fsp3) is 0.314. The van der Waals surface area contributed by atoms with Crippen LogP contribution in [0.2, 0.25) is 0 Å². The normalized spacial score (nSPS) is 15.0. The average molecular weight is 713 g/mol. The van der Waals surface area contributed by atoms with Crippen LogP contribution in [0.5, 0.6) is 0 Å². The Bertz CT molecular complexity index is 1830. The molecule has 1 fully saturated rings. The predicted octanol–water partition coefficient (Wildman–Crippen LogP) is 4.66. The van der Waals surface area contributed by atoms with Crippen molar-refractivity contribution in [3.05, 3.63) is 82.9 Å². The number of amides is 3. The van der Waals surface area contributed by atoms with Gasteiger partial charge in [-0.1, -0.05) is 18.7 Å². The number of ether oxygens (including phenoxy) is 2. The summed E-state index contributed by atoms with van der Waals surface area (Å²) in [5.41, 5.74) is 0.837. The molecular weight excluding hydrogens is 676 g/mol. The number of alkyl halides is 3. The third-order valence-electron chi connectivity index (χ3n) is 8.30. The van der Waals surface area contributed by atoms with Gasteiger partial charge in [-0.3, -0.25) is 24.4 Å². The van der Waals surface area contributed by atoms with E-state index in [1.54, 1.807) is 19.0 Å². The molecule has 3 amide bonds. The van der Waals surface area contributed by atoms with Crippen LogP contribution in [0, 0.1) is 12.7 Å². The molecule has 1 saturated heterocycles. The molecule has 2 heterocycles. The van der Waals surface area contributed by atoms with Crippen molar-refractivity contribution < 1.29 is 46.2 Å². The number of nitrogens with one attached hydrogen (secondary N) is 1. The lowest BCUT2D eigenvalue weighted by molar-refractivity contribution is -0.167. The van der Waals surface area contributed by atoms with Gasteiger partial charge in [-0.15, -0.1) is 0 Å². The summed E-state index contributed by atoms with van der Waals surface area (Å²) in [6, 6.07) is 3.06. The molecule has 2 unspecified atom stereocenters. The molecule has 0 bridgehead atoms. The molecule has 2 aromatic carbocycles. The van der Waals surface area contributed by atoms with E-state index in [1.807, 2.05) is 0 Å².